The summed E-state index contributed by atoms with van der Waals surface area (Å²) in [6.45, 7) is 1.73. The Morgan fingerprint density at radius 2 is 2.00 bits per heavy atom. The van der Waals surface area contributed by atoms with Crippen molar-refractivity contribution in [2.45, 2.75) is 13.0 Å². The molecule has 1 unspecified atom stereocenters. The lowest BCUT2D eigenvalue weighted by Crippen LogP contribution is -2.13. The quantitative estimate of drug-likeness (QED) is 0.845. The number of hydrogen-bond acceptors (Lipinski definition) is 5. The maximum absolute atomic E-state index is 6.00. The molecule has 0 amide bonds. The van der Waals surface area contributed by atoms with Crippen LogP contribution in [0.1, 0.15) is 23.3 Å². The molecule has 0 aliphatic rings. The highest BCUT2D eigenvalue weighted by Crippen LogP contribution is 2.19. The second-order valence-corrected chi connectivity index (χ2v) is 3.42. The summed E-state index contributed by atoms with van der Waals surface area (Å²) >= 11 is 0. The molecule has 1 heterocycles. The van der Waals surface area contributed by atoms with Crippen molar-refractivity contribution in [3.05, 3.63) is 41.5 Å². The van der Waals surface area contributed by atoms with Crippen LogP contribution in [0.15, 0.2) is 28.8 Å². The van der Waals surface area contributed by atoms with Gasteiger partial charge in [0.25, 0.3) is 0 Å². The van der Waals surface area contributed by atoms with Crippen molar-refractivity contribution < 1.29 is 9.26 Å². The van der Waals surface area contributed by atoms with Gasteiger partial charge in [-0.25, -0.2) is 0 Å². The van der Waals surface area contributed by atoms with Crippen LogP contribution >= 0.6 is 0 Å². The van der Waals surface area contributed by atoms with Crippen LogP contribution in [-0.2, 0) is 0 Å². The van der Waals surface area contributed by atoms with Crippen molar-refractivity contribution in [3.63, 3.8) is 0 Å². The predicted octanol–water partition coefficient (Wildman–Crippen LogP) is 1.43. The lowest BCUT2D eigenvalue weighted by molar-refractivity contribution is 0.385. The molecule has 2 rings (SSSR count). The summed E-state index contributed by atoms with van der Waals surface area (Å²) in [5.74, 6) is 1.79. The summed E-state index contributed by atoms with van der Waals surface area (Å²) < 4.78 is 9.95. The molecule has 0 saturated heterocycles. The SMILES string of the molecule is COc1ccc(C(N)c2noc(C)n2)cc1. The molecule has 0 aliphatic carbocycles. The van der Waals surface area contributed by atoms with Gasteiger partial charge in [0.05, 0.1) is 13.2 Å². The molecule has 0 fully saturated rings. The average Bonchev–Trinajstić information content (AvgIpc) is 2.75. The van der Waals surface area contributed by atoms with Gasteiger partial charge >= 0.3 is 0 Å². The first-order chi connectivity index (χ1) is 7.70. The van der Waals surface area contributed by atoms with Crippen molar-refractivity contribution in [3.8, 4) is 5.75 Å². The number of rotatable bonds is 3. The minimum atomic E-state index is -0.372. The van der Waals surface area contributed by atoms with E-state index in [0.717, 1.165) is 11.3 Å². The van der Waals surface area contributed by atoms with Crippen LogP contribution in [-0.4, -0.2) is 17.3 Å². The first kappa shape index (κ1) is 10.6. The lowest BCUT2D eigenvalue weighted by Gasteiger charge is -2.07. The van der Waals surface area contributed by atoms with E-state index in [-0.39, 0.29) is 6.04 Å². The zero-order valence-corrected chi connectivity index (χ0v) is 9.18. The highest BCUT2D eigenvalue weighted by atomic mass is 16.5. The molecule has 2 aromatic rings. The Morgan fingerprint density at radius 3 is 2.50 bits per heavy atom. The lowest BCUT2D eigenvalue weighted by atomic mass is 10.1. The summed E-state index contributed by atoms with van der Waals surface area (Å²) in [5, 5.41) is 3.79. The minimum absolute atomic E-state index is 0.372. The first-order valence-corrected chi connectivity index (χ1v) is 4.90. The van der Waals surface area contributed by atoms with Crippen LogP contribution in [0.4, 0.5) is 0 Å². The molecular formula is C11H13N3O2. The Bertz CT molecular complexity index is 464. The van der Waals surface area contributed by atoms with Gasteiger partial charge in [-0.2, -0.15) is 4.98 Å². The van der Waals surface area contributed by atoms with Crippen molar-refractivity contribution in [1.82, 2.24) is 10.1 Å². The number of ether oxygens (including phenoxy) is 1. The van der Waals surface area contributed by atoms with Crippen LogP contribution in [0.2, 0.25) is 0 Å². The van der Waals surface area contributed by atoms with Gasteiger partial charge in [-0.15, -0.1) is 0 Å². The van der Waals surface area contributed by atoms with Gasteiger partial charge in [0.15, 0.2) is 5.82 Å². The molecule has 84 valence electrons. The number of methoxy groups -OCH3 is 1. The monoisotopic (exact) mass is 219 g/mol. The number of aromatic nitrogens is 2. The van der Waals surface area contributed by atoms with Crippen molar-refractivity contribution in [2.24, 2.45) is 5.73 Å². The van der Waals surface area contributed by atoms with E-state index >= 15 is 0 Å². The van der Waals surface area contributed by atoms with Gasteiger partial charge < -0.3 is 15.0 Å². The van der Waals surface area contributed by atoms with E-state index in [2.05, 4.69) is 10.1 Å². The minimum Gasteiger partial charge on any atom is -0.497 e. The first-order valence-electron chi connectivity index (χ1n) is 4.90. The largest absolute Gasteiger partial charge is 0.497 e. The van der Waals surface area contributed by atoms with Crippen LogP contribution in [0.5, 0.6) is 5.75 Å². The summed E-state index contributed by atoms with van der Waals surface area (Å²) in [6.07, 6.45) is 0. The second kappa shape index (κ2) is 4.32. The van der Waals surface area contributed by atoms with Gasteiger partial charge in [0, 0.05) is 6.92 Å². The molecule has 0 saturated carbocycles. The average molecular weight is 219 g/mol. The molecule has 0 radical (unpaired) electrons. The van der Waals surface area contributed by atoms with E-state index in [4.69, 9.17) is 15.0 Å². The fraction of sp³-hybridized carbons (Fsp3) is 0.273. The summed E-state index contributed by atoms with van der Waals surface area (Å²) in [6, 6.07) is 7.10. The number of hydrogen-bond donors (Lipinski definition) is 1. The van der Waals surface area contributed by atoms with Gasteiger partial charge in [-0.1, -0.05) is 17.3 Å². The maximum Gasteiger partial charge on any atom is 0.223 e. The molecule has 1 aromatic heterocycles. The smallest absolute Gasteiger partial charge is 0.223 e. The van der Waals surface area contributed by atoms with E-state index < -0.39 is 0 Å². The Labute approximate surface area is 93.2 Å². The van der Waals surface area contributed by atoms with Gasteiger partial charge in [-0.05, 0) is 17.7 Å². The molecule has 0 spiro atoms. The molecular weight excluding hydrogens is 206 g/mol. The normalized spacial score (nSPS) is 12.4. The van der Waals surface area contributed by atoms with E-state index in [1.807, 2.05) is 24.3 Å². The summed E-state index contributed by atoms with van der Waals surface area (Å²) in [4.78, 5) is 4.10. The van der Waals surface area contributed by atoms with Crippen LogP contribution in [0.3, 0.4) is 0 Å². The molecule has 1 atom stereocenters. The molecule has 0 bridgehead atoms. The van der Waals surface area contributed by atoms with Gasteiger partial charge in [0.2, 0.25) is 5.89 Å². The highest BCUT2D eigenvalue weighted by Gasteiger charge is 2.14. The standard InChI is InChI=1S/C11H13N3O2/c1-7-13-11(14-16-7)10(12)8-3-5-9(15-2)6-4-8/h3-6,10H,12H2,1-2H3. The highest BCUT2D eigenvalue weighted by molar-refractivity contribution is 5.31. The zero-order valence-electron chi connectivity index (χ0n) is 9.18. The van der Waals surface area contributed by atoms with E-state index in [1.54, 1.807) is 14.0 Å². The number of nitrogens with zero attached hydrogens (tertiary/aromatic N) is 2. The number of benzene rings is 1. The van der Waals surface area contributed by atoms with Crippen molar-refractivity contribution >= 4 is 0 Å². The Kier molecular flexibility index (Phi) is 2.87. The van der Waals surface area contributed by atoms with Crippen LogP contribution in [0.25, 0.3) is 0 Å². The van der Waals surface area contributed by atoms with Gasteiger partial charge in [0.1, 0.15) is 5.75 Å². The molecule has 5 nitrogen and oxygen atoms in total. The predicted molar refractivity (Wildman–Crippen MR) is 58.1 cm³/mol. The third-order valence-electron chi connectivity index (χ3n) is 2.30. The fourth-order valence-corrected chi connectivity index (χ4v) is 1.40. The van der Waals surface area contributed by atoms with Gasteiger partial charge in [-0.3, -0.25) is 0 Å². The van der Waals surface area contributed by atoms with Crippen LogP contribution < -0.4 is 10.5 Å². The van der Waals surface area contributed by atoms with E-state index in [9.17, 15) is 0 Å². The zero-order chi connectivity index (χ0) is 11.5. The fourth-order valence-electron chi connectivity index (χ4n) is 1.40. The van der Waals surface area contributed by atoms with E-state index in [0.29, 0.717) is 11.7 Å². The van der Waals surface area contributed by atoms with Crippen LogP contribution in [0, 0.1) is 6.92 Å². The topological polar surface area (TPSA) is 74.2 Å². The second-order valence-electron chi connectivity index (χ2n) is 3.42. The van der Waals surface area contributed by atoms with Crippen molar-refractivity contribution in [2.75, 3.05) is 7.11 Å². The number of aryl methyl sites for hydroxylation is 1. The summed E-state index contributed by atoms with van der Waals surface area (Å²) in [5.41, 5.74) is 6.91. The molecule has 5 heteroatoms. The third kappa shape index (κ3) is 2.04. The molecule has 2 N–H and O–H groups in total. The van der Waals surface area contributed by atoms with Crippen molar-refractivity contribution in [1.29, 1.82) is 0 Å². The Balaban J connectivity index is 2.23. The molecule has 1 aromatic carbocycles. The van der Waals surface area contributed by atoms with E-state index in [1.165, 1.54) is 0 Å². The Hall–Kier alpha value is -1.88. The maximum atomic E-state index is 6.00. The Morgan fingerprint density at radius 1 is 1.31 bits per heavy atom. The number of nitrogens with two attached hydrogens (primary N) is 1. The third-order valence-corrected chi connectivity index (χ3v) is 2.30. The molecule has 16 heavy (non-hydrogen) atoms. The summed E-state index contributed by atoms with van der Waals surface area (Å²) in [7, 11) is 1.62. The molecule has 0 aliphatic heterocycles.